The van der Waals surface area contributed by atoms with E-state index in [0.29, 0.717) is 12.1 Å². The number of alkyl halides is 3. The van der Waals surface area contributed by atoms with E-state index in [-0.39, 0.29) is 28.2 Å². The summed E-state index contributed by atoms with van der Waals surface area (Å²) >= 11 is 5.95. The Labute approximate surface area is 130 Å². The second kappa shape index (κ2) is 5.74. The molecule has 1 aliphatic rings. The lowest BCUT2D eigenvalue weighted by Crippen LogP contribution is -2.47. The molecule has 0 radical (unpaired) electrons. The van der Waals surface area contributed by atoms with Crippen molar-refractivity contribution >= 4 is 22.9 Å². The van der Waals surface area contributed by atoms with Gasteiger partial charge in [0.1, 0.15) is 5.82 Å². The summed E-state index contributed by atoms with van der Waals surface area (Å²) in [6.45, 7) is 1.24. The molecule has 0 fully saturated rings. The van der Waals surface area contributed by atoms with Crippen LogP contribution in [0.3, 0.4) is 0 Å². The van der Waals surface area contributed by atoms with Gasteiger partial charge in [-0.05, 0) is 49.5 Å². The van der Waals surface area contributed by atoms with E-state index in [0.717, 1.165) is 12.1 Å². The maximum Gasteiger partial charge on any atom is 0.421 e. The fraction of sp³-hybridized carbons (Fsp3) is 0.467. The first-order valence-corrected chi connectivity index (χ1v) is 7.16. The van der Waals surface area contributed by atoms with Crippen LogP contribution in [0.5, 0.6) is 0 Å². The molecular weight excluding hydrogens is 322 g/mol. The minimum atomic E-state index is -4.78. The van der Waals surface area contributed by atoms with Crippen LogP contribution < -0.4 is 5.32 Å². The molecular formula is C15H16ClF4NO. The average molecular weight is 338 g/mol. The SMILES string of the molecule is CNc1c(Cl)cc(F)cc1C1=C(C)C(O)(C(F)(F)F)CCC1. The monoisotopic (exact) mass is 337 g/mol. The fourth-order valence-electron chi connectivity index (χ4n) is 2.90. The molecule has 0 spiro atoms. The van der Waals surface area contributed by atoms with Gasteiger partial charge in [-0.15, -0.1) is 0 Å². The number of halogens is 5. The molecule has 0 saturated carbocycles. The number of rotatable bonds is 2. The molecule has 0 aromatic heterocycles. The molecule has 2 nitrogen and oxygen atoms in total. The summed E-state index contributed by atoms with van der Waals surface area (Å²) in [5, 5.41) is 12.9. The number of benzene rings is 1. The smallest absolute Gasteiger partial charge is 0.386 e. The Kier molecular flexibility index (Phi) is 4.46. The molecule has 1 aliphatic carbocycles. The Hall–Kier alpha value is -1.27. The predicted octanol–water partition coefficient (Wildman–Crippen LogP) is 4.77. The number of allylic oxidation sites excluding steroid dienone is 1. The standard InChI is InChI=1S/C15H16ClF4NO/c1-8-10(4-3-5-14(8,22)15(18,19)20)11-6-9(17)7-12(16)13(11)21-2/h6-7,21-22H,3-5H2,1-2H3. The van der Waals surface area contributed by atoms with Crippen molar-refractivity contribution < 1.29 is 22.7 Å². The van der Waals surface area contributed by atoms with Gasteiger partial charge in [0.2, 0.25) is 0 Å². The third-order valence-electron chi connectivity index (χ3n) is 4.14. The van der Waals surface area contributed by atoms with Crippen molar-refractivity contribution in [2.24, 2.45) is 0 Å². The van der Waals surface area contributed by atoms with Gasteiger partial charge in [-0.1, -0.05) is 11.6 Å². The molecule has 0 amide bonds. The highest BCUT2D eigenvalue weighted by molar-refractivity contribution is 6.33. The van der Waals surface area contributed by atoms with E-state index in [1.165, 1.54) is 6.92 Å². The quantitative estimate of drug-likeness (QED) is 0.762. The number of hydrogen-bond donors (Lipinski definition) is 2. The highest BCUT2D eigenvalue weighted by atomic mass is 35.5. The van der Waals surface area contributed by atoms with Gasteiger partial charge in [0.05, 0.1) is 10.7 Å². The Morgan fingerprint density at radius 3 is 2.50 bits per heavy atom. The van der Waals surface area contributed by atoms with Crippen LogP contribution in [0.4, 0.5) is 23.2 Å². The van der Waals surface area contributed by atoms with E-state index in [4.69, 9.17) is 11.6 Å². The van der Waals surface area contributed by atoms with E-state index in [1.54, 1.807) is 7.05 Å². The summed E-state index contributed by atoms with van der Waals surface area (Å²) in [6.07, 6.45) is -4.71. The van der Waals surface area contributed by atoms with E-state index in [1.807, 2.05) is 0 Å². The van der Waals surface area contributed by atoms with Gasteiger partial charge in [-0.3, -0.25) is 0 Å². The topological polar surface area (TPSA) is 32.3 Å². The summed E-state index contributed by atoms with van der Waals surface area (Å²) in [5.74, 6) is -0.638. The van der Waals surface area contributed by atoms with Crippen molar-refractivity contribution in [2.75, 3.05) is 12.4 Å². The molecule has 7 heteroatoms. The van der Waals surface area contributed by atoms with Gasteiger partial charge in [-0.2, -0.15) is 13.2 Å². The van der Waals surface area contributed by atoms with Crippen LogP contribution in [0.2, 0.25) is 5.02 Å². The molecule has 2 rings (SSSR count). The molecule has 22 heavy (non-hydrogen) atoms. The van der Waals surface area contributed by atoms with Crippen molar-refractivity contribution in [1.82, 2.24) is 0 Å². The Morgan fingerprint density at radius 1 is 1.32 bits per heavy atom. The number of nitrogens with one attached hydrogen (secondary N) is 1. The van der Waals surface area contributed by atoms with Gasteiger partial charge in [-0.25, -0.2) is 4.39 Å². The molecule has 0 bridgehead atoms. The molecule has 0 saturated heterocycles. The predicted molar refractivity (Wildman–Crippen MR) is 78.4 cm³/mol. The van der Waals surface area contributed by atoms with E-state index in [2.05, 4.69) is 5.32 Å². The van der Waals surface area contributed by atoms with Crippen LogP contribution in [0.15, 0.2) is 17.7 Å². The van der Waals surface area contributed by atoms with Crippen molar-refractivity contribution in [2.45, 2.75) is 38.0 Å². The summed E-state index contributed by atoms with van der Waals surface area (Å²) in [7, 11) is 1.55. The van der Waals surface area contributed by atoms with Gasteiger partial charge in [0.25, 0.3) is 0 Å². The molecule has 1 atom stereocenters. The van der Waals surface area contributed by atoms with Crippen LogP contribution in [0.1, 0.15) is 31.7 Å². The Balaban J connectivity index is 2.69. The number of aliphatic hydroxyl groups is 1. The molecule has 1 aromatic carbocycles. The zero-order chi connectivity index (χ0) is 16.7. The third-order valence-corrected chi connectivity index (χ3v) is 4.44. The van der Waals surface area contributed by atoms with Gasteiger partial charge in [0, 0.05) is 12.6 Å². The van der Waals surface area contributed by atoms with Crippen LogP contribution in [0.25, 0.3) is 5.57 Å². The highest BCUT2D eigenvalue weighted by Gasteiger charge is 2.56. The summed E-state index contributed by atoms with van der Waals surface area (Å²) < 4.78 is 53.3. The van der Waals surface area contributed by atoms with Gasteiger partial charge < -0.3 is 10.4 Å². The number of hydrogen-bond acceptors (Lipinski definition) is 2. The first-order chi connectivity index (χ1) is 10.1. The third kappa shape index (κ3) is 2.70. The van der Waals surface area contributed by atoms with Crippen LogP contribution in [-0.2, 0) is 0 Å². The van der Waals surface area contributed by atoms with Crippen molar-refractivity contribution in [3.05, 3.63) is 34.1 Å². The van der Waals surface area contributed by atoms with Crippen molar-refractivity contribution in [3.8, 4) is 0 Å². The average Bonchev–Trinajstić information content (AvgIpc) is 2.40. The Morgan fingerprint density at radius 2 is 1.95 bits per heavy atom. The largest absolute Gasteiger partial charge is 0.421 e. The van der Waals surface area contributed by atoms with E-state index < -0.39 is 24.0 Å². The normalized spacial score (nSPS) is 22.9. The minimum absolute atomic E-state index is 0.0823. The summed E-state index contributed by atoms with van der Waals surface area (Å²) in [5.41, 5.74) is -2.21. The lowest BCUT2D eigenvalue weighted by atomic mass is 9.77. The lowest BCUT2D eigenvalue weighted by molar-refractivity contribution is -0.247. The fourth-order valence-corrected chi connectivity index (χ4v) is 3.20. The maximum absolute atomic E-state index is 13.6. The first-order valence-electron chi connectivity index (χ1n) is 6.78. The van der Waals surface area contributed by atoms with Gasteiger partial charge in [0.15, 0.2) is 5.60 Å². The van der Waals surface area contributed by atoms with Crippen LogP contribution >= 0.6 is 11.6 Å². The van der Waals surface area contributed by atoms with Crippen LogP contribution in [0, 0.1) is 5.82 Å². The van der Waals surface area contributed by atoms with Crippen LogP contribution in [-0.4, -0.2) is 23.9 Å². The molecule has 0 aliphatic heterocycles. The second-order valence-corrected chi connectivity index (χ2v) is 5.78. The van der Waals surface area contributed by atoms with Crippen molar-refractivity contribution in [3.63, 3.8) is 0 Å². The van der Waals surface area contributed by atoms with E-state index in [9.17, 15) is 22.7 Å². The molecule has 122 valence electrons. The highest BCUT2D eigenvalue weighted by Crippen LogP contribution is 2.48. The zero-order valence-corrected chi connectivity index (χ0v) is 12.9. The van der Waals surface area contributed by atoms with E-state index >= 15 is 0 Å². The first kappa shape index (κ1) is 17.1. The summed E-state index contributed by atoms with van der Waals surface area (Å²) in [4.78, 5) is 0. The second-order valence-electron chi connectivity index (χ2n) is 5.38. The van der Waals surface area contributed by atoms with Gasteiger partial charge >= 0.3 is 6.18 Å². The Bertz CT molecular complexity index is 627. The maximum atomic E-state index is 13.6. The summed E-state index contributed by atoms with van der Waals surface area (Å²) in [6, 6.07) is 2.23. The van der Waals surface area contributed by atoms with Crippen molar-refractivity contribution in [1.29, 1.82) is 0 Å². The zero-order valence-electron chi connectivity index (χ0n) is 12.1. The lowest BCUT2D eigenvalue weighted by Gasteiger charge is -2.37. The minimum Gasteiger partial charge on any atom is -0.386 e. The molecule has 0 heterocycles. The number of anilines is 1. The molecule has 1 aromatic rings. The molecule has 1 unspecified atom stereocenters. The molecule has 2 N–H and O–H groups in total.